The predicted molar refractivity (Wildman–Crippen MR) is 56.1 cm³/mol. The molecule has 0 radical (unpaired) electrons. The third kappa shape index (κ3) is 10.2. The molecule has 0 amide bonds. The molecule has 0 bridgehead atoms. The van der Waals surface area contributed by atoms with Crippen LogP contribution in [0.25, 0.3) is 0 Å². The van der Waals surface area contributed by atoms with Gasteiger partial charge in [-0.1, -0.05) is 31.9 Å². The first-order valence-corrected chi connectivity index (χ1v) is 5.23. The number of allylic oxidation sites excluding steroid dienone is 2. The van der Waals surface area contributed by atoms with Crippen molar-refractivity contribution < 1.29 is 4.74 Å². The van der Waals surface area contributed by atoms with Crippen LogP contribution in [0.5, 0.6) is 0 Å². The van der Waals surface area contributed by atoms with Gasteiger partial charge in [-0.25, -0.2) is 0 Å². The minimum absolute atomic E-state index is 0.359. The van der Waals surface area contributed by atoms with E-state index in [1.165, 1.54) is 0 Å². The van der Waals surface area contributed by atoms with Gasteiger partial charge in [-0.3, -0.25) is 0 Å². The molecule has 1 nitrogen and oxygen atoms in total. The Bertz CT molecular complexity index is 123. The second-order valence-corrected chi connectivity index (χ2v) is 5.04. The maximum Gasteiger partial charge on any atom is 0.0872 e. The number of ether oxygens (including phenoxy) is 1. The number of alkyl halides is 2. The van der Waals surface area contributed by atoms with Crippen molar-refractivity contribution in [3.63, 3.8) is 0 Å². The zero-order valence-corrected chi connectivity index (χ0v) is 9.80. The van der Waals surface area contributed by atoms with E-state index in [9.17, 15) is 0 Å². The Morgan fingerprint density at radius 1 is 1.00 bits per heavy atom. The normalized spacial score (nSPS) is 17.5. The second-order valence-electron chi connectivity index (χ2n) is 2.15. The van der Waals surface area contributed by atoms with Gasteiger partial charge in [0.2, 0.25) is 0 Å². The first-order valence-electron chi connectivity index (χ1n) is 3.40. The van der Waals surface area contributed by atoms with Gasteiger partial charge in [0.1, 0.15) is 0 Å². The molecule has 0 N–H and O–H groups in total. The highest BCUT2D eigenvalue weighted by molar-refractivity contribution is 9.09. The lowest BCUT2D eigenvalue weighted by atomic mass is 10.5. The number of rotatable bonds is 4. The zero-order chi connectivity index (χ0) is 8.69. The lowest BCUT2D eigenvalue weighted by Crippen LogP contribution is -1.82. The second kappa shape index (κ2) is 6.92. The maximum absolute atomic E-state index is 5.03. The Hall–Kier alpha value is 0.240. The van der Waals surface area contributed by atoms with E-state index in [0.717, 1.165) is 0 Å². The van der Waals surface area contributed by atoms with E-state index in [2.05, 4.69) is 31.9 Å². The number of hydrogen-bond acceptors (Lipinski definition) is 1. The Morgan fingerprint density at radius 2 is 1.36 bits per heavy atom. The van der Waals surface area contributed by atoms with Crippen LogP contribution in [0.3, 0.4) is 0 Å². The molecule has 0 aliphatic rings. The summed E-state index contributed by atoms with van der Waals surface area (Å²) in [5.74, 6) is 0. The molecule has 0 aliphatic heterocycles. The Balaban J connectivity index is 3.41. The van der Waals surface area contributed by atoms with Crippen LogP contribution in [0.4, 0.5) is 0 Å². The van der Waals surface area contributed by atoms with Crippen LogP contribution in [0.1, 0.15) is 13.8 Å². The third-order valence-electron chi connectivity index (χ3n) is 0.845. The SMILES string of the molecule is CC(Br)C=COC=CC(C)Br. The van der Waals surface area contributed by atoms with Crippen LogP contribution >= 0.6 is 31.9 Å². The van der Waals surface area contributed by atoms with Gasteiger partial charge in [0.25, 0.3) is 0 Å². The van der Waals surface area contributed by atoms with E-state index in [1.807, 2.05) is 26.0 Å². The molecule has 0 aliphatic carbocycles. The lowest BCUT2D eigenvalue weighted by Gasteiger charge is -1.93. The van der Waals surface area contributed by atoms with Crippen LogP contribution < -0.4 is 0 Å². The van der Waals surface area contributed by atoms with Crippen molar-refractivity contribution in [2.24, 2.45) is 0 Å². The van der Waals surface area contributed by atoms with Crippen molar-refractivity contribution in [1.29, 1.82) is 0 Å². The van der Waals surface area contributed by atoms with E-state index in [4.69, 9.17) is 4.74 Å². The molecule has 0 aromatic heterocycles. The van der Waals surface area contributed by atoms with Crippen LogP contribution in [-0.2, 0) is 4.74 Å². The molecule has 0 heterocycles. The van der Waals surface area contributed by atoms with Crippen molar-refractivity contribution in [2.45, 2.75) is 23.5 Å². The summed E-state index contributed by atoms with van der Waals surface area (Å²) in [6, 6.07) is 0. The molecule has 2 unspecified atom stereocenters. The van der Waals surface area contributed by atoms with Gasteiger partial charge in [0, 0.05) is 9.65 Å². The van der Waals surface area contributed by atoms with Crippen LogP contribution in [0.15, 0.2) is 24.7 Å². The highest BCUT2D eigenvalue weighted by Gasteiger charge is 1.85. The quantitative estimate of drug-likeness (QED) is 0.566. The molecule has 0 fully saturated rings. The molecule has 0 rings (SSSR count). The fourth-order valence-electron chi connectivity index (χ4n) is 0.353. The van der Waals surface area contributed by atoms with Gasteiger partial charge < -0.3 is 4.74 Å². The Labute approximate surface area is 84.8 Å². The summed E-state index contributed by atoms with van der Waals surface area (Å²) >= 11 is 6.71. The minimum atomic E-state index is 0.359. The molecule has 0 aromatic rings. The number of hydrogen-bond donors (Lipinski definition) is 0. The Morgan fingerprint density at radius 3 is 1.64 bits per heavy atom. The first-order chi connectivity index (χ1) is 5.13. The van der Waals surface area contributed by atoms with Gasteiger partial charge in [-0.05, 0) is 26.0 Å². The fourth-order valence-corrected chi connectivity index (χ4v) is 0.602. The summed E-state index contributed by atoms with van der Waals surface area (Å²) < 4.78 is 5.03. The average Bonchev–Trinajstić information content (AvgIpc) is 1.85. The maximum atomic E-state index is 5.03. The summed E-state index contributed by atoms with van der Waals surface area (Å²) in [7, 11) is 0. The molecular weight excluding hydrogens is 272 g/mol. The van der Waals surface area contributed by atoms with E-state index in [0.29, 0.717) is 9.65 Å². The summed E-state index contributed by atoms with van der Waals surface area (Å²) in [6.07, 6.45) is 7.16. The van der Waals surface area contributed by atoms with Gasteiger partial charge in [0.05, 0.1) is 12.5 Å². The van der Waals surface area contributed by atoms with E-state index in [1.54, 1.807) is 12.5 Å². The van der Waals surface area contributed by atoms with Crippen molar-refractivity contribution in [1.82, 2.24) is 0 Å². The monoisotopic (exact) mass is 282 g/mol. The smallest absolute Gasteiger partial charge is 0.0872 e. The largest absolute Gasteiger partial charge is 0.473 e. The van der Waals surface area contributed by atoms with E-state index in [-0.39, 0.29) is 0 Å². The van der Waals surface area contributed by atoms with E-state index >= 15 is 0 Å². The third-order valence-corrected chi connectivity index (χ3v) is 1.46. The molecule has 0 spiro atoms. The van der Waals surface area contributed by atoms with Crippen molar-refractivity contribution in [3.05, 3.63) is 24.7 Å². The highest BCUT2D eigenvalue weighted by atomic mass is 79.9. The molecule has 0 aromatic carbocycles. The predicted octanol–water partition coefficient (Wildman–Crippen LogP) is 3.60. The minimum Gasteiger partial charge on any atom is -0.473 e. The van der Waals surface area contributed by atoms with Crippen LogP contribution in [-0.4, -0.2) is 9.65 Å². The fraction of sp³-hybridized carbons (Fsp3) is 0.500. The summed E-state index contributed by atoms with van der Waals surface area (Å²) in [4.78, 5) is 0.717. The van der Waals surface area contributed by atoms with Gasteiger partial charge in [0.15, 0.2) is 0 Å². The molecule has 3 heteroatoms. The molecule has 2 atom stereocenters. The molecule has 64 valence electrons. The van der Waals surface area contributed by atoms with Crippen molar-refractivity contribution in [2.75, 3.05) is 0 Å². The molecule has 11 heavy (non-hydrogen) atoms. The van der Waals surface area contributed by atoms with Crippen LogP contribution in [0.2, 0.25) is 0 Å². The standard InChI is InChI=1S/C8H12Br2O/c1-7(9)3-5-11-6-4-8(2)10/h3-8H,1-2H3. The summed E-state index contributed by atoms with van der Waals surface area (Å²) in [5, 5.41) is 0. The molecule has 0 saturated heterocycles. The zero-order valence-electron chi connectivity index (χ0n) is 6.63. The topological polar surface area (TPSA) is 9.23 Å². The average molecular weight is 284 g/mol. The summed E-state index contributed by atoms with van der Waals surface area (Å²) in [6.45, 7) is 4.05. The first kappa shape index (κ1) is 11.2. The van der Waals surface area contributed by atoms with Gasteiger partial charge in [-0.2, -0.15) is 0 Å². The van der Waals surface area contributed by atoms with Crippen molar-refractivity contribution >= 4 is 31.9 Å². The van der Waals surface area contributed by atoms with E-state index < -0.39 is 0 Å². The van der Waals surface area contributed by atoms with Gasteiger partial charge >= 0.3 is 0 Å². The summed E-state index contributed by atoms with van der Waals surface area (Å²) in [5.41, 5.74) is 0. The molecule has 0 saturated carbocycles. The van der Waals surface area contributed by atoms with Crippen molar-refractivity contribution in [3.8, 4) is 0 Å². The lowest BCUT2D eigenvalue weighted by molar-refractivity contribution is 0.400. The molecular formula is C8H12Br2O. The highest BCUT2D eigenvalue weighted by Crippen LogP contribution is 2.00. The Kier molecular flexibility index (Phi) is 7.07. The van der Waals surface area contributed by atoms with Gasteiger partial charge in [-0.15, -0.1) is 0 Å². The van der Waals surface area contributed by atoms with Crippen LogP contribution in [0, 0.1) is 0 Å². The number of halogens is 2.